The van der Waals surface area contributed by atoms with Gasteiger partial charge in [0.2, 0.25) is 5.91 Å². The first-order chi connectivity index (χ1) is 9.54. The molecule has 6 heteroatoms. The van der Waals surface area contributed by atoms with E-state index >= 15 is 0 Å². The van der Waals surface area contributed by atoms with Crippen molar-refractivity contribution in [3.8, 4) is 11.3 Å². The van der Waals surface area contributed by atoms with Crippen LogP contribution in [0, 0.1) is 23.5 Å². The zero-order valence-corrected chi connectivity index (χ0v) is 11.5. The van der Waals surface area contributed by atoms with Gasteiger partial charge in [0, 0.05) is 16.9 Å². The molecule has 1 heterocycles. The van der Waals surface area contributed by atoms with Crippen LogP contribution in [0.5, 0.6) is 0 Å². The van der Waals surface area contributed by atoms with Crippen LogP contribution in [0.25, 0.3) is 11.3 Å². The van der Waals surface area contributed by atoms with Crippen molar-refractivity contribution in [2.75, 3.05) is 5.32 Å². The third-order valence-corrected chi connectivity index (χ3v) is 4.14. The summed E-state index contributed by atoms with van der Waals surface area (Å²) in [5, 5.41) is 4.72. The Kier molecular flexibility index (Phi) is 3.25. The Balaban J connectivity index is 1.79. The topological polar surface area (TPSA) is 42.0 Å². The predicted octanol–water partition coefficient (Wildman–Crippen LogP) is 3.68. The average molecular weight is 294 g/mol. The van der Waals surface area contributed by atoms with Gasteiger partial charge in [-0.3, -0.25) is 4.79 Å². The SMILES string of the molecule is C[C@H]1C[C@H]1C(=O)Nc1nc(-c2cc(F)ccc2F)cs1. The summed E-state index contributed by atoms with van der Waals surface area (Å²) in [6, 6.07) is 3.22. The van der Waals surface area contributed by atoms with E-state index in [9.17, 15) is 13.6 Å². The minimum absolute atomic E-state index is 0.0493. The van der Waals surface area contributed by atoms with Crippen LogP contribution in [0.15, 0.2) is 23.6 Å². The quantitative estimate of drug-likeness (QED) is 0.938. The molecule has 0 spiro atoms. The van der Waals surface area contributed by atoms with Gasteiger partial charge in [-0.1, -0.05) is 6.92 Å². The summed E-state index contributed by atoms with van der Waals surface area (Å²) in [7, 11) is 0. The number of rotatable bonds is 3. The lowest BCUT2D eigenvalue weighted by Crippen LogP contribution is -2.14. The summed E-state index contributed by atoms with van der Waals surface area (Å²) >= 11 is 1.20. The molecule has 2 atom stereocenters. The fourth-order valence-electron chi connectivity index (χ4n) is 2.03. The molecule has 3 nitrogen and oxygen atoms in total. The normalized spacial score (nSPS) is 20.8. The maximum Gasteiger partial charge on any atom is 0.229 e. The lowest BCUT2D eigenvalue weighted by molar-refractivity contribution is -0.117. The van der Waals surface area contributed by atoms with E-state index in [2.05, 4.69) is 10.3 Å². The fourth-order valence-corrected chi connectivity index (χ4v) is 2.75. The van der Waals surface area contributed by atoms with Gasteiger partial charge in [-0.05, 0) is 30.5 Å². The number of hydrogen-bond acceptors (Lipinski definition) is 3. The molecule has 1 aliphatic rings. The number of nitrogens with zero attached hydrogens (tertiary/aromatic N) is 1. The van der Waals surface area contributed by atoms with Gasteiger partial charge in [0.15, 0.2) is 5.13 Å². The number of nitrogens with one attached hydrogen (secondary N) is 1. The number of carbonyl (C=O) groups is 1. The molecule has 104 valence electrons. The number of benzene rings is 1. The van der Waals surface area contributed by atoms with Crippen molar-refractivity contribution in [3.63, 3.8) is 0 Å². The van der Waals surface area contributed by atoms with Crippen molar-refractivity contribution < 1.29 is 13.6 Å². The Labute approximate surface area is 118 Å². The molecule has 0 unspecified atom stereocenters. The van der Waals surface area contributed by atoms with Crippen LogP contribution in [0.2, 0.25) is 0 Å². The number of aromatic nitrogens is 1. The molecule has 1 N–H and O–H groups in total. The Bertz CT molecular complexity index is 671. The van der Waals surface area contributed by atoms with Gasteiger partial charge in [0.25, 0.3) is 0 Å². The van der Waals surface area contributed by atoms with Crippen molar-refractivity contribution in [2.24, 2.45) is 11.8 Å². The fraction of sp³-hybridized carbons (Fsp3) is 0.286. The number of thiazole rings is 1. The van der Waals surface area contributed by atoms with Gasteiger partial charge in [0.05, 0.1) is 5.69 Å². The molecule has 1 aromatic carbocycles. The average Bonchev–Trinajstić information content (AvgIpc) is 2.97. The summed E-state index contributed by atoms with van der Waals surface area (Å²) in [5.74, 6) is -0.654. The van der Waals surface area contributed by atoms with Crippen molar-refractivity contribution in [3.05, 3.63) is 35.2 Å². The molecule has 1 saturated carbocycles. The van der Waals surface area contributed by atoms with Crippen LogP contribution < -0.4 is 5.32 Å². The maximum atomic E-state index is 13.6. The molecular formula is C14H12F2N2OS. The van der Waals surface area contributed by atoms with E-state index in [0.717, 1.165) is 24.6 Å². The second kappa shape index (κ2) is 4.94. The Morgan fingerprint density at radius 1 is 1.45 bits per heavy atom. The molecule has 0 aliphatic heterocycles. The van der Waals surface area contributed by atoms with Crippen molar-refractivity contribution in [1.29, 1.82) is 0 Å². The first-order valence-corrected chi connectivity index (χ1v) is 7.14. The molecule has 1 amide bonds. The third-order valence-electron chi connectivity index (χ3n) is 3.38. The lowest BCUT2D eigenvalue weighted by atomic mass is 10.1. The summed E-state index contributed by atoms with van der Waals surface area (Å²) in [6.45, 7) is 2.01. The number of carbonyl (C=O) groups excluding carboxylic acids is 1. The zero-order chi connectivity index (χ0) is 14.3. The second-order valence-electron chi connectivity index (χ2n) is 4.97. The molecule has 1 fully saturated rings. The van der Waals surface area contributed by atoms with Gasteiger partial charge in [-0.15, -0.1) is 11.3 Å². The smallest absolute Gasteiger partial charge is 0.229 e. The van der Waals surface area contributed by atoms with Crippen molar-refractivity contribution in [2.45, 2.75) is 13.3 Å². The maximum absolute atomic E-state index is 13.6. The van der Waals surface area contributed by atoms with Gasteiger partial charge in [-0.2, -0.15) is 0 Å². The van der Waals surface area contributed by atoms with Gasteiger partial charge >= 0.3 is 0 Å². The number of halogens is 2. The second-order valence-corrected chi connectivity index (χ2v) is 5.83. The Morgan fingerprint density at radius 3 is 2.90 bits per heavy atom. The van der Waals surface area contributed by atoms with Crippen LogP contribution in [-0.4, -0.2) is 10.9 Å². The van der Waals surface area contributed by atoms with Crippen LogP contribution in [0.1, 0.15) is 13.3 Å². The standard InChI is InChI=1S/C14H12F2N2OS/c1-7-4-9(7)13(19)18-14-17-12(6-20-14)10-5-8(15)2-3-11(10)16/h2-3,5-7,9H,4H2,1H3,(H,17,18,19)/t7-,9+/m0/s1. The summed E-state index contributed by atoms with van der Waals surface area (Å²) in [5.41, 5.74) is 0.424. The van der Waals surface area contributed by atoms with Crippen LogP contribution in [0.4, 0.5) is 13.9 Å². The first kappa shape index (κ1) is 13.2. The highest BCUT2D eigenvalue weighted by molar-refractivity contribution is 7.14. The largest absolute Gasteiger partial charge is 0.302 e. The van der Waals surface area contributed by atoms with Gasteiger partial charge in [0.1, 0.15) is 11.6 Å². The minimum atomic E-state index is -0.537. The number of amides is 1. The summed E-state index contributed by atoms with van der Waals surface area (Å²) in [4.78, 5) is 15.9. The molecule has 0 radical (unpaired) electrons. The van der Waals surface area contributed by atoms with Gasteiger partial charge in [-0.25, -0.2) is 13.8 Å². The van der Waals surface area contributed by atoms with E-state index in [0.29, 0.717) is 16.7 Å². The van der Waals surface area contributed by atoms with E-state index in [-0.39, 0.29) is 17.4 Å². The highest BCUT2D eigenvalue weighted by atomic mass is 32.1. The van der Waals surface area contributed by atoms with E-state index in [1.165, 1.54) is 11.3 Å². The molecule has 1 aromatic heterocycles. The van der Waals surface area contributed by atoms with E-state index in [1.54, 1.807) is 5.38 Å². The zero-order valence-electron chi connectivity index (χ0n) is 10.7. The lowest BCUT2D eigenvalue weighted by Gasteiger charge is -2.00. The summed E-state index contributed by atoms with van der Waals surface area (Å²) < 4.78 is 26.8. The summed E-state index contributed by atoms with van der Waals surface area (Å²) in [6.07, 6.45) is 0.891. The van der Waals surface area contributed by atoms with Gasteiger partial charge < -0.3 is 5.32 Å². The van der Waals surface area contributed by atoms with E-state index in [4.69, 9.17) is 0 Å². The van der Waals surface area contributed by atoms with Crippen LogP contribution in [-0.2, 0) is 4.79 Å². The highest BCUT2D eigenvalue weighted by Crippen LogP contribution is 2.39. The van der Waals surface area contributed by atoms with Crippen molar-refractivity contribution >= 4 is 22.4 Å². The van der Waals surface area contributed by atoms with Crippen LogP contribution >= 0.6 is 11.3 Å². The molecule has 3 rings (SSSR count). The highest BCUT2D eigenvalue weighted by Gasteiger charge is 2.39. The molecular weight excluding hydrogens is 282 g/mol. The number of anilines is 1. The molecule has 1 aliphatic carbocycles. The van der Waals surface area contributed by atoms with E-state index < -0.39 is 11.6 Å². The van der Waals surface area contributed by atoms with Crippen molar-refractivity contribution in [1.82, 2.24) is 4.98 Å². The Hall–Kier alpha value is -1.82. The number of hydrogen-bond donors (Lipinski definition) is 1. The third kappa shape index (κ3) is 2.56. The molecule has 0 saturated heterocycles. The Morgan fingerprint density at radius 2 is 2.20 bits per heavy atom. The molecule has 0 bridgehead atoms. The molecule has 2 aromatic rings. The van der Waals surface area contributed by atoms with E-state index in [1.807, 2.05) is 6.92 Å². The monoisotopic (exact) mass is 294 g/mol. The predicted molar refractivity (Wildman–Crippen MR) is 73.4 cm³/mol. The minimum Gasteiger partial charge on any atom is -0.302 e. The van der Waals surface area contributed by atoms with Crippen LogP contribution in [0.3, 0.4) is 0 Å². The molecule has 20 heavy (non-hydrogen) atoms. The first-order valence-electron chi connectivity index (χ1n) is 6.26.